The fraction of sp³-hybridized carbons (Fsp3) is 0.0500. The lowest BCUT2D eigenvalue weighted by molar-refractivity contribution is 0.942. The summed E-state index contributed by atoms with van der Waals surface area (Å²) >= 11 is 1.76. The Bertz CT molecular complexity index is 943. The molecule has 23 heavy (non-hydrogen) atoms. The Balaban J connectivity index is 1.92. The Hall–Kier alpha value is -2.52. The first-order valence-electron chi connectivity index (χ1n) is 7.58. The molecule has 4 aromatic rings. The van der Waals surface area contributed by atoms with Crippen LogP contribution in [0.25, 0.3) is 16.7 Å². The van der Waals surface area contributed by atoms with Crippen LogP contribution in [0.5, 0.6) is 0 Å². The largest absolute Gasteiger partial charge is 0.288 e. The highest BCUT2D eigenvalue weighted by molar-refractivity contribution is 7.99. The zero-order valence-corrected chi connectivity index (χ0v) is 13.6. The molecule has 2 heterocycles. The third-order valence-electron chi connectivity index (χ3n) is 3.77. The number of fused-ring (bicyclic) bond motifs is 1. The predicted molar refractivity (Wildman–Crippen MR) is 96.4 cm³/mol. The summed E-state index contributed by atoms with van der Waals surface area (Å²) in [6, 6.07) is 25.3. The highest BCUT2D eigenvalue weighted by Gasteiger charge is 2.12. The first-order chi connectivity index (χ1) is 11.3. The van der Waals surface area contributed by atoms with Crippen LogP contribution in [0.15, 0.2) is 88.9 Å². The van der Waals surface area contributed by atoms with Crippen LogP contribution in [0.4, 0.5) is 0 Å². The molecule has 0 aliphatic rings. The molecule has 0 saturated heterocycles. The smallest absolute Gasteiger partial charge is 0.137 e. The van der Waals surface area contributed by atoms with Crippen molar-refractivity contribution in [3.63, 3.8) is 0 Å². The maximum absolute atomic E-state index is 4.55. The van der Waals surface area contributed by atoms with Crippen molar-refractivity contribution >= 4 is 22.7 Å². The van der Waals surface area contributed by atoms with Crippen molar-refractivity contribution in [1.29, 1.82) is 0 Å². The van der Waals surface area contributed by atoms with E-state index >= 15 is 0 Å². The van der Waals surface area contributed by atoms with Crippen LogP contribution in [0, 0.1) is 6.92 Å². The van der Waals surface area contributed by atoms with E-state index in [1.54, 1.807) is 11.8 Å². The molecule has 0 unspecified atom stereocenters. The number of benzene rings is 2. The molecular weight excluding hydrogens is 300 g/mol. The van der Waals surface area contributed by atoms with Crippen molar-refractivity contribution in [3.05, 3.63) is 84.6 Å². The van der Waals surface area contributed by atoms with E-state index in [4.69, 9.17) is 0 Å². The first kappa shape index (κ1) is 14.1. The van der Waals surface area contributed by atoms with Gasteiger partial charge in [-0.3, -0.25) is 4.57 Å². The molecule has 2 aromatic heterocycles. The summed E-state index contributed by atoms with van der Waals surface area (Å²) in [6.45, 7) is 2.13. The van der Waals surface area contributed by atoms with Crippen LogP contribution in [-0.4, -0.2) is 9.55 Å². The molecule has 2 nitrogen and oxygen atoms in total. The molecule has 3 heteroatoms. The molecule has 2 aromatic carbocycles. The van der Waals surface area contributed by atoms with Crippen LogP contribution >= 0.6 is 11.8 Å². The Kier molecular flexibility index (Phi) is 3.64. The summed E-state index contributed by atoms with van der Waals surface area (Å²) in [6.07, 6.45) is 1.84. The van der Waals surface area contributed by atoms with E-state index in [1.807, 2.05) is 30.5 Å². The fourth-order valence-electron chi connectivity index (χ4n) is 2.72. The standard InChI is InChI=1S/C20H16N2S/c1-15-10-11-18-16(13-15)14-20(23-17-7-3-2-4-8-17)22(18)19-9-5-6-12-21-19/h2-14H,1H3. The molecule has 0 N–H and O–H groups in total. The van der Waals surface area contributed by atoms with Gasteiger partial charge < -0.3 is 0 Å². The van der Waals surface area contributed by atoms with Gasteiger partial charge in [0.05, 0.1) is 10.5 Å². The SMILES string of the molecule is Cc1ccc2c(c1)cc(Sc1ccccc1)n2-c1ccccn1. The van der Waals surface area contributed by atoms with Crippen molar-refractivity contribution in [1.82, 2.24) is 9.55 Å². The van der Waals surface area contributed by atoms with Crippen molar-refractivity contribution in [2.75, 3.05) is 0 Å². The highest BCUT2D eigenvalue weighted by Crippen LogP contribution is 2.34. The van der Waals surface area contributed by atoms with Gasteiger partial charge in [-0.05, 0) is 49.4 Å². The van der Waals surface area contributed by atoms with Gasteiger partial charge in [0.25, 0.3) is 0 Å². The Labute approximate surface area is 139 Å². The maximum atomic E-state index is 4.55. The van der Waals surface area contributed by atoms with Crippen molar-refractivity contribution in [3.8, 4) is 5.82 Å². The number of hydrogen-bond acceptors (Lipinski definition) is 2. The summed E-state index contributed by atoms with van der Waals surface area (Å²) < 4.78 is 2.23. The second kappa shape index (κ2) is 5.94. The Morgan fingerprint density at radius 1 is 0.870 bits per heavy atom. The third kappa shape index (κ3) is 2.76. The minimum absolute atomic E-state index is 0.949. The van der Waals surface area contributed by atoms with Gasteiger partial charge in [0, 0.05) is 16.5 Å². The van der Waals surface area contributed by atoms with E-state index in [-0.39, 0.29) is 0 Å². The number of nitrogens with zero attached hydrogens (tertiary/aromatic N) is 2. The molecule has 0 aliphatic heterocycles. The zero-order chi connectivity index (χ0) is 15.6. The lowest BCUT2D eigenvalue weighted by Gasteiger charge is -2.09. The number of aryl methyl sites for hydroxylation is 1. The van der Waals surface area contributed by atoms with Crippen LogP contribution in [0.1, 0.15) is 5.56 Å². The van der Waals surface area contributed by atoms with E-state index < -0.39 is 0 Å². The number of aromatic nitrogens is 2. The molecule has 0 amide bonds. The van der Waals surface area contributed by atoms with Gasteiger partial charge in [-0.15, -0.1) is 0 Å². The molecule has 0 fully saturated rings. The molecule has 4 rings (SSSR count). The van der Waals surface area contributed by atoms with Crippen LogP contribution in [0.2, 0.25) is 0 Å². The summed E-state index contributed by atoms with van der Waals surface area (Å²) in [5, 5.41) is 2.42. The van der Waals surface area contributed by atoms with Gasteiger partial charge in [0.2, 0.25) is 0 Å². The van der Waals surface area contributed by atoms with Crippen LogP contribution in [-0.2, 0) is 0 Å². The highest BCUT2D eigenvalue weighted by atomic mass is 32.2. The Morgan fingerprint density at radius 3 is 2.48 bits per heavy atom. The van der Waals surface area contributed by atoms with Crippen molar-refractivity contribution < 1.29 is 0 Å². The first-order valence-corrected chi connectivity index (χ1v) is 8.39. The summed E-state index contributed by atoms with van der Waals surface area (Å²) in [7, 11) is 0. The summed E-state index contributed by atoms with van der Waals surface area (Å²) in [5.74, 6) is 0.949. The third-order valence-corrected chi connectivity index (χ3v) is 4.78. The average Bonchev–Trinajstić information content (AvgIpc) is 2.93. The van der Waals surface area contributed by atoms with Gasteiger partial charge in [-0.25, -0.2) is 4.98 Å². The molecule has 0 bridgehead atoms. The fourth-order valence-corrected chi connectivity index (χ4v) is 3.72. The lowest BCUT2D eigenvalue weighted by Crippen LogP contribution is -1.98. The monoisotopic (exact) mass is 316 g/mol. The second-order valence-corrected chi connectivity index (χ2v) is 6.58. The molecule has 0 saturated carbocycles. The van der Waals surface area contributed by atoms with Gasteiger partial charge in [-0.1, -0.05) is 47.7 Å². The van der Waals surface area contributed by atoms with E-state index in [0.717, 1.165) is 5.82 Å². The second-order valence-electron chi connectivity index (χ2n) is 5.48. The van der Waals surface area contributed by atoms with Crippen molar-refractivity contribution in [2.45, 2.75) is 16.8 Å². The van der Waals surface area contributed by atoms with Gasteiger partial charge in [-0.2, -0.15) is 0 Å². The summed E-state index contributed by atoms with van der Waals surface area (Å²) in [4.78, 5) is 5.77. The predicted octanol–water partition coefficient (Wildman–Crippen LogP) is 5.49. The number of hydrogen-bond donors (Lipinski definition) is 0. The lowest BCUT2D eigenvalue weighted by atomic mass is 10.2. The van der Waals surface area contributed by atoms with E-state index in [1.165, 1.54) is 26.4 Å². The molecular formula is C20H16N2S. The molecule has 112 valence electrons. The number of pyridine rings is 1. The van der Waals surface area contributed by atoms with Crippen LogP contribution < -0.4 is 0 Å². The quantitative estimate of drug-likeness (QED) is 0.498. The Morgan fingerprint density at radius 2 is 1.70 bits per heavy atom. The van der Waals surface area contributed by atoms with Gasteiger partial charge in [0.15, 0.2) is 0 Å². The normalized spacial score (nSPS) is 11.0. The van der Waals surface area contributed by atoms with E-state index in [0.29, 0.717) is 0 Å². The minimum atomic E-state index is 0.949. The topological polar surface area (TPSA) is 17.8 Å². The minimum Gasteiger partial charge on any atom is -0.288 e. The van der Waals surface area contributed by atoms with Crippen molar-refractivity contribution in [2.24, 2.45) is 0 Å². The van der Waals surface area contributed by atoms with E-state index in [2.05, 4.69) is 65.0 Å². The van der Waals surface area contributed by atoms with E-state index in [9.17, 15) is 0 Å². The van der Waals surface area contributed by atoms with Crippen LogP contribution in [0.3, 0.4) is 0 Å². The average molecular weight is 316 g/mol. The maximum Gasteiger partial charge on any atom is 0.137 e. The van der Waals surface area contributed by atoms with Gasteiger partial charge in [0.1, 0.15) is 5.82 Å². The molecule has 0 radical (unpaired) electrons. The molecule has 0 spiro atoms. The summed E-state index contributed by atoms with van der Waals surface area (Å²) in [5.41, 5.74) is 2.46. The molecule has 0 aliphatic carbocycles. The number of rotatable bonds is 3. The zero-order valence-electron chi connectivity index (χ0n) is 12.8. The van der Waals surface area contributed by atoms with Gasteiger partial charge >= 0.3 is 0 Å². The molecule has 0 atom stereocenters.